The molecule has 0 saturated carbocycles. The first-order valence-corrected chi connectivity index (χ1v) is 10.8. The number of morpholine rings is 1. The van der Waals surface area contributed by atoms with E-state index in [1.165, 1.54) is 22.6 Å². The SMILES string of the molecule is O=C(Cn1ncc2ccccc2c1=O)Nc1cccc(S(=O)(=O)N2CCOCC2)c1. The minimum atomic E-state index is -3.68. The molecule has 1 N–H and O–H groups in total. The van der Waals surface area contributed by atoms with Crippen molar-refractivity contribution in [1.82, 2.24) is 14.1 Å². The van der Waals surface area contributed by atoms with Crippen molar-refractivity contribution in [1.29, 1.82) is 0 Å². The number of anilines is 1. The largest absolute Gasteiger partial charge is 0.379 e. The van der Waals surface area contributed by atoms with E-state index in [4.69, 9.17) is 4.74 Å². The summed E-state index contributed by atoms with van der Waals surface area (Å²) < 4.78 is 33.2. The summed E-state index contributed by atoms with van der Waals surface area (Å²) in [6.07, 6.45) is 1.53. The first-order chi connectivity index (χ1) is 14.4. The average molecular weight is 428 g/mol. The summed E-state index contributed by atoms with van der Waals surface area (Å²) >= 11 is 0. The third kappa shape index (κ3) is 4.11. The van der Waals surface area contributed by atoms with Crippen molar-refractivity contribution < 1.29 is 17.9 Å². The Morgan fingerprint density at radius 3 is 2.67 bits per heavy atom. The Hall–Kier alpha value is -3.08. The zero-order valence-electron chi connectivity index (χ0n) is 16.0. The second kappa shape index (κ2) is 8.34. The molecule has 0 aliphatic carbocycles. The molecule has 1 aliphatic heterocycles. The molecule has 1 saturated heterocycles. The summed E-state index contributed by atoms with van der Waals surface area (Å²) in [5, 5.41) is 7.84. The highest BCUT2D eigenvalue weighted by molar-refractivity contribution is 7.89. The van der Waals surface area contributed by atoms with Crippen LogP contribution >= 0.6 is 0 Å². The van der Waals surface area contributed by atoms with Crippen molar-refractivity contribution in [2.24, 2.45) is 0 Å². The van der Waals surface area contributed by atoms with Gasteiger partial charge in [-0.1, -0.05) is 24.3 Å². The Kier molecular flexibility index (Phi) is 5.62. The third-order valence-corrected chi connectivity index (χ3v) is 6.68. The molecule has 0 atom stereocenters. The molecule has 30 heavy (non-hydrogen) atoms. The predicted octanol–water partition coefficient (Wildman–Crippen LogP) is 1.06. The molecule has 0 unspecified atom stereocenters. The maximum Gasteiger partial charge on any atom is 0.275 e. The van der Waals surface area contributed by atoms with E-state index in [2.05, 4.69) is 10.4 Å². The number of nitrogens with zero attached hydrogens (tertiary/aromatic N) is 3. The molecular weight excluding hydrogens is 408 g/mol. The van der Waals surface area contributed by atoms with Crippen LogP contribution < -0.4 is 10.9 Å². The highest BCUT2D eigenvalue weighted by Gasteiger charge is 2.26. The molecule has 3 aromatic rings. The lowest BCUT2D eigenvalue weighted by Gasteiger charge is -2.26. The fraction of sp³-hybridized carbons (Fsp3) is 0.250. The topological polar surface area (TPSA) is 111 Å². The number of ether oxygens (including phenoxy) is 1. The fourth-order valence-corrected chi connectivity index (χ4v) is 4.70. The van der Waals surface area contributed by atoms with Gasteiger partial charge in [0, 0.05) is 24.2 Å². The monoisotopic (exact) mass is 428 g/mol. The Bertz CT molecular complexity index is 1250. The highest BCUT2D eigenvalue weighted by atomic mass is 32.2. The molecule has 2 heterocycles. The van der Waals surface area contributed by atoms with Crippen LogP contribution in [-0.4, -0.2) is 54.7 Å². The first kappa shape index (κ1) is 20.2. The van der Waals surface area contributed by atoms with Crippen LogP contribution in [0.15, 0.2) is 64.4 Å². The number of amides is 1. The number of carbonyl (C=O) groups excluding carboxylic acids is 1. The van der Waals surface area contributed by atoms with Crippen LogP contribution in [0, 0.1) is 0 Å². The lowest BCUT2D eigenvalue weighted by molar-refractivity contribution is -0.117. The quantitative estimate of drug-likeness (QED) is 0.651. The van der Waals surface area contributed by atoms with Crippen molar-refractivity contribution in [3.05, 3.63) is 65.1 Å². The van der Waals surface area contributed by atoms with Gasteiger partial charge < -0.3 is 10.1 Å². The molecule has 9 nitrogen and oxygen atoms in total. The zero-order valence-corrected chi connectivity index (χ0v) is 16.8. The van der Waals surface area contributed by atoms with E-state index in [9.17, 15) is 18.0 Å². The number of hydrogen-bond acceptors (Lipinski definition) is 6. The molecule has 156 valence electrons. The highest BCUT2D eigenvalue weighted by Crippen LogP contribution is 2.20. The number of fused-ring (bicyclic) bond motifs is 1. The van der Waals surface area contributed by atoms with Crippen molar-refractivity contribution in [3.63, 3.8) is 0 Å². The molecule has 10 heteroatoms. The zero-order chi connectivity index (χ0) is 21.1. The summed E-state index contributed by atoms with van der Waals surface area (Å²) in [6.45, 7) is 0.987. The maximum absolute atomic E-state index is 12.8. The summed E-state index contributed by atoms with van der Waals surface area (Å²) in [5.74, 6) is -0.485. The molecule has 1 fully saturated rings. The van der Waals surface area contributed by atoms with Gasteiger partial charge in [0.1, 0.15) is 6.54 Å². The third-order valence-electron chi connectivity index (χ3n) is 4.78. The van der Waals surface area contributed by atoms with E-state index in [1.807, 2.05) is 0 Å². The summed E-state index contributed by atoms with van der Waals surface area (Å²) in [4.78, 5) is 25.0. The van der Waals surface area contributed by atoms with Gasteiger partial charge in [0.2, 0.25) is 15.9 Å². The number of benzene rings is 2. The van der Waals surface area contributed by atoms with Gasteiger partial charge in [0.05, 0.1) is 29.7 Å². The molecule has 1 aromatic heterocycles. The predicted molar refractivity (Wildman–Crippen MR) is 111 cm³/mol. The Labute approximate surface area is 172 Å². The van der Waals surface area contributed by atoms with Crippen LogP contribution in [0.25, 0.3) is 10.8 Å². The average Bonchev–Trinajstić information content (AvgIpc) is 2.77. The molecule has 2 aromatic carbocycles. The second-order valence-electron chi connectivity index (χ2n) is 6.79. The van der Waals surface area contributed by atoms with E-state index < -0.39 is 15.9 Å². The molecular formula is C20H20N4O5S. The standard InChI is InChI=1S/C20H20N4O5S/c25-19(14-24-20(26)18-7-2-1-4-15(18)13-21-24)22-16-5-3-6-17(12-16)30(27,28)23-8-10-29-11-9-23/h1-7,12-13H,8-11,14H2,(H,22,25). The fourth-order valence-electron chi connectivity index (χ4n) is 3.25. The van der Waals surface area contributed by atoms with Crippen LogP contribution in [-0.2, 0) is 26.1 Å². The van der Waals surface area contributed by atoms with Gasteiger partial charge in [-0.05, 0) is 24.3 Å². The summed E-state index contributed by atoms with van der Waals surface area (Å²) in [6, 6.07) is 13.0. The number of aromatic nitrogens is 2. The Morgan fingerprint density at radius 2 is 1.87 bits per heavy atom. The van der Waals surface area contributed by atoms with Crippen LogP contribution in [0.5, 0.6) is 0 Å². The summed E-state index contributed by atoms with van der Waals surface area (Å²) in [7, 11) is -3.68. The minimum Gasteiger partial charge on any atom is -0.379 e. The van der Waals surface area contributed by atoms with E-state index in [1.54, 1.807) is 36.4 Å². The van der Waals surface area contributed by atoms with Gasteiger partial charge in [0.15, 0.2) is 0 Å². The van der Waals surface area contributed by atoms with E-state index in [-0.39, 0.29) is 30.1 Å². The lowest BCUT2D eigenvalue weighted by Crippen LogP contribution is -2.40. The number of rotatable bonds is 5. The first-order valence-electron chi connectivity index (χ1n) is 9.38. The van der Waals surface area contributed by atoms with Gasteiger partial charge in [-0.3, -0.25) is 9.59 Å². The molecule has 1 amide bonds. The Balaban J connectivity index is 1.51. The lowest BCUT2D eigenvalue weighted by atomic mass is 10.2. The molecule has 0 radical (unpaired) electrons. The number of carbonyl (C=O) groups is 1. The van der Waals surface area contributed by atoms with Crippen LogP contribution in [0.2, 0.25) is 0 Å². The minimum absolute atomic E-state index is 0.0863. The molecule has 4 rings (SSSR count). The number of hydrogen-bond donors (Lipinski definition) is 1. The van der Waals surface area contributed by atoms with E-state index in [0.717, 1.165) is 4.68 Å². The van der Waals surface area contributed by atoms with Crippen LogP contribution in [0.1, 0.15) is 0 Å². The normalized spacial score (nSPS) is 15.2. The van der Waals surface area contributed by atoms with Crippen molar-refractivity contribution in [3.8, 4) is 0 Å². The second-order valence-corrected chi connectivity index (χ2v) is 8.73. The number of sulfonamides is 1. The van der Waals surface area contributed by atoms with E-state index in [0.29, 0.717) is 29.7 Å². The molecule has 1 aliphatic rings. The molecule has 0 bridgehead atoms. The van der Waals surface area contributed by atoms with Crippen LogP contribution in [0.4, 0.5) is 5.69 Å². The van der Waals surface area contributed by atoms with Gasteiger partial charge >= 0.3 is 0 Å². The van der Waals surface area contributed by atoms with Crippen LogP contribution in [0.3, 0.4) is 0 Å². The van der Waals surface area contributed by atoms with Crippen molar-refractivity contribution >= 4 is 32.4 Å². The van der Waals surface area contributed by atoms with Crippen molar-refractivity contribution in [2.75, 3.05) is 31.6 Å². The molecule has 0 spiro atoms. The van der Waals surface area contributed by atoms with Gasteiger partial charge in [-0.25, -0.2) is 13.1 Å². The smallest absolute Gasteiger partial charge is 0.275 e. The van der Waals surface area contributed by atoms with Gasteiger partial charge in [-0.2, -0.15) is 9.40 Å². The number of nitrogens with one attached hydrogen (secondary N) is 1. The van der Waals surface area contributed by atoms with Gasteiger partial charge in [-0.15, -0.1) is 0 Å². The van der Waals surface area contributed by atoms with Gasteiger partial charge in [0.25, 0.3) is 5.56 Å². The van der Waals surface area contributed by atoms with Crippen molar-refractivity contribution in [2.45, 2.75) is 11.4 Å². The summed E-state index contributed by atoms with van der Waals surface area (Å²) in [5.41, 5.74) is -0.0462. The van der Waals surface area contributed by atoms with E-state index >= 15 is 0 Å². The Morgan fingerprint density at radius 1 is 1.10 bits per heavy atom. The maximum atomic E-state index is 12.8.